The van der Waals surface area contributed by atoms with Crippen LogP contribution in [0.5, 0.6) is 12.0 Å². The zero-order valence-electron chi connectivity index (χ0n) is 43.4. The summed E-state index contributed by atoms with van der Waals surface area (Å²) in [7, 11) is -1.44. The molecule has 0 radical (unpaired) electrons. The Morgan fingerprint density at radius 1 is 0.571 bits per heavy atom. The number of nitrogens with one attached hydrogen (secondary N) is 5. The second kappa shape index (κ2) is 31.7. The Balaban J connectivity index is 0.000000219. The van der Waals surface area contributed by atoms with E-state index in [9.17, 15) is 33.0 Å². The number of aliphatic hydroxyl groups is 1. The van der Waals surface area contributed by atoms with E-state index in [1.165, 1.54) is 24.5 Å². The second-order valence-electron chi connectivity index (χ2n) is 15.8. The molecule has 0 amide bonds. The van der Waals surface area contributed by atoms with Gasteiger partial charge in [-0.15, -0.1) is 0 Å². The van der Waals surface area contributed by atoms with Crippen LogP contribution in [-0.2, 0) is 49.9 Å². The third-order valence-corrected chi connectivity index (χ3v) is 11.1. The number of aromatic amines is 3. The Bertz CT molecular complexity index is 3590. The molecule has 0 saturated heterocycles. The minimum atomic E-state index is -1.44. The van der Waals surface area contributed by atoms with Crippen molar-refractivity contribution in [2.45, 2.75) is 78.9 Å². The molecule has 77 heavy (non-hydrogen) atoms. The number of aliphatic hydroxyl groups excluding tert-OH is 1. The number of hydrogen-bond donors (Lipinski definition) is 6. The molecule has 0 bridgehead atoms. The van der Waals surface area contributed by atoms with Gasteiger partial charge in [0.05, 0.1) is 17.4 Å². The predicted octanol–water partition coefficient (Wildman–Crippen LogP) is 6.43. The van der Waals surface area contributed by atoms with Gasteiger partial charge in [-0.05, 0) is 78.2 Å². The third-order valence-electron chi connectivity index (χ3n) is 10.4. The third kappa shape index (κ3) is 18.7. The number of aryl methyl sites for hydroxylation is 3. The Labute approximate surface area is 442 Å². The number of ether oxygens (including phenoxy) is 2. The van der Waals surface area contributed by atoms with E-state index in [2.05, 4.69) is 55.6 Å². The van der Waals surface area contributed by atoms with Gasteiger partial charge in [0.15, 0.2) is 0 Å². The van der Waals surface area contributed by atoms with Crippen molar-refractivity contribution >= 4 is 50.0 Å². The quantitative estimate of drug-likeness (QED) is 0.0535. The van der Waals surface area contributed by atoms with Gasteiger partial charge in [-0.25, -0.2) is 14.4 Å². The fourth-order valence-electron chi connectivity index (χ4n) is 6.78. The molecule has 1 unspecified atom stereocenters. The molecule has 9 rings (SSSR count). The first-order chi connectivity index (χ1) is 37.1. The number of benzene rings is 3. The predicted molar refractivity (Wildman–Crippen MR) is 295 cm³/mol. The van der Waals surface area contributed by atoms with Crippen LogP contribution in [0.1, 0.15) is 68.0 Å². The molecule has 6 N–H and O–H groups in total. The van der Waals surface area contributed by atoms with Crippen molar-refractivity contribution in [1.29, 1.82) is 5.41 Å². The van der Waals surface area contributed by atoms with Gasteiger partial charge in [0.1, 0.15) is 29.4 Å². The van der Waals surface area contributed by atoms with Gasteiger partial charge < -0.3 is 33.1 Å². The van der Waals surface area contributed by atoms with E-state index < -0.39 is 33.2 Å². The minimum Gasteiger partial charge on any atom is -0.460 e. The van der Waals surface area contributed by atoms with Gasteiger partial charge >= 0.3 is 16.9 Å². The van der Waals surface area contributed by atoms with Crippen molar-refractivity contribution < 1.29 is 32.0 Å². The molecule has 1 atom stereocenters. The van der Waals surface area contributed by atoms with E-state index in [1.54, 1.807) is 5.87 Å². The molecule has 404 valence electrons. The number of hydrogen-bond acceptors (Lipinski definition) is 18. The molecular formula is C55H60N8O13S. The summed E-state index contributed by atoms with van der Waals surface area (Å²) < 4.78 is 37.0. The minimum absolute atomic E-state index is 0.00102. The first-order valence-corrected chi connectivity index (χ1v) is 25.6. The van der Waals surface area contributed by atoms with E-state index >= 15 is 0 Å². The molecule has 0 fully saturated rings. The lowest BCUT2D eigenvalue weighted by Gasteiger charge is -2.06. The van der Waals surface area contributed by atoms with Crippen LogP contribution < -0.4 is 48.3 Å². The first-order valence-electron chi connectivity index (χ1n) is 24.1. The normalized spacial score (nSPS) is 10.6. The SMILES string of the molecule is C=C=N.CCNCC.CCc1cc(=O)oc2nc(OCc3ccccc3)[nH]c(=O)c12.CCc1cc(=O)oc2nc(OCc3ccccc3)[nH]c(=O)c12.CCc1cc(=O)oc2nc(S(C)=O)[nH]c(=O)c12.OCc1ccccc1. The summed E-state index contributed by atoms with van der Waals surface area (Å²) >= 11 is 0. The molecule has 6 aromatic heterocycles. The van der Waals surface area contributed by atoms with Crippen molar-refractivity contribution in [3.63, 3.8) is 0 Å². The van der Waals surface area contributed by atoms with Crippen LogP contribution >= 0.6 is 0 Å². The zero-order chi connectivity index (χ0) is 56.3. The molecule has 0 aliphatic carbocycles. The van der Waals surface area contributed by atoms with Crippen LogP contribution in [0.25, 0.3) is 33.3 Å². The van der Waals surface area contributed by atoms with E-state index in [1.807, 2.05) is 112 Å². The summed E-state index contributed by atoms with van der Waals surface area (Å²) in [6.45, 7) is 15.5. The lowest BCUT2D eigenvalue weighted by atomic mass is 10.1. The molecule has 9 aromatic rings. The molecule has 0 aliphatic heterocycles. The van der Waals surface area contributed by atoms with Crippen LogP contribution in [0, 0.1) is 5.41 Å². The Kier molecular flexibility index (Phi) is 25.0. The average Bonchev–Trinajstić information content (AvgIpc) is 3.43. The van der Waals surface area contributed by atoms with Crippen molar-refractivity contribution in [3.05, 3.63) is 211 Å². The molecule has 0 aliphatic rings. The molecule has 3 aromatic carbocycles. The summed E-state index contributed by atoms with van der Waals surface area (Å²) in [6, 6.07) is 32.4. The Morgan fingerprint density at radius 3 is 1.18 bits per heavy atom. The highest BCUT2D eigenvalue weighted by atomic mass is 32.2. The number of rotatable bonds is 13. The summed E-state index contributed by atoms with van der Waals surface area (Å²) in [5.41, 5.74) is 1.71. The standard InChI is InChI=1S/2C16H14N2O4.C10H10N2O4S.C7H8O.C4H11N.C2H3N/c2*1-2-11-8-12(19)22-15-13(11)14(20)17-16(18-15)21-9-10-6-4-3-5-7-10;1-3-5-4-6(13)16-9-7(5)8(14)11-10(12-9)17(2)15;8-6-7-4-2-1-3-5-7;1-3-5-4-2;1-2-3/h2*3-8H,2,9H2,1H3,(H,17,18,20);4H,3H2,1-2H3,(H,11,12,14);1-5,8H,6H2;5H,3-4H2,1-2H3;3H,1H2. The maximum Gasteiger partial charge on any atom is 0.337 e. The monoisotopic (exact) mass is 1070 g/mol. The lowest BCUT2D eigenvalue weighted by molar-refractivity contribution is 0.279. The van der Waals surface area contributed by atoms with Crippen LogP contribution in [0.3, 0.4) is 0 Å². The largest absolute Gasteiger partial charge is 0.460 e. The summed E-state index contributed by atoms with van der Waals surface area (Å²) in [6.07, 6.45) is 2.97. The molecule has 21 nitrogen and oxygen atoms in total. The summed E-state index contributed by atoms with van der Waals surface area (Å²) in [4.78, 5) is 90.0. The molecular weight excluding hydrogens is 1010 g/mol. The van der Waals surface area contributed by atoms with Gasteiger partial charge in [0, 0.05) is 24.5 Å². The van der Waals surface area contributed by atoms with Gasteiger partial charge in [-0.2, -0.15) is 15.0 Å². The maximum absolute atomic E-state index is 12.2. The van der Waals surface area contributed by atoms with E-state index in [0.29, 0.717) is 36.0 Å². The van der Waals surface area contributed by atoms with Gasteiger partial charge in [-0.3, -0.25) is 39.0 Å². The number of H-pyrrole nitrogens is 3. The van der Waals surface area contributed by atoms with Crippen molar-refractivity contribution in [2.75, 3.05) is 19.3 Å². The zero-order valence-corrected chi connectivity index (χ0v) is 44.2. The fourth-order valence-corrected chi connectivity index (χ4v) is 7.23. The summed E-state index contributed by atoms with van der Waals surface area (Å²) in [5.74, 6) is 1.75. The van der Waals surface area contributed by atoms with Crippen molar-refractivity contribution in [2.24, 2.45) is 0 Å². The fraction of sp³-hybridized carbons (Fsp3) is 0.255. The smallest absolute Gasteiger partial charge is 0.337 e. The molecule has 6 heterocycles. The molecule has 0 saturated carbocycles. The van der Waals surface area contributed by atoms with E-state index in [-0.39, 0.29) is 81.4 Å². The highest BCUT2D eigenvalue weighted by Gasteiger charge is 2.15. The molecule has 0 spiro atoms. The highest BCUT2D eigenvalue weighted by molar-refractivity contribution is 7.84. The Morgan fingerprint density at radius 2 is 0.896 bits per heavy atom. The van der Waals surface area contributed by atoms with Crippen LogP contribution in [-0.4, -0.2) is 64.4 Å². The highest BCUT2D eigenvalue weighted by Crippen LogP contribution is 2.16. The number of nitrogens with zero attached hydrogens (tertiary/aromatic N) is 3. The van der Waals surface area contributed by atoms with Gasteiger partial charge in [0.2, 0.25) is 22.3 Å². The van der Waals surface area contributed by atoms with E-state index in [0.717, 1.165) is 29.8 Å². The van der Waals surface area contributed by atoms with Crippen LogP contribution in [0.2, 0.25) is 0 Å². The Hall–Kier alpha value is -8.95. The lowest BCUT2D eigenvalue weighted by Crippen LogP contribution is -2.16. The summed E-state index contributed by atoms with van der Waals surface area (Å²) in [5, 5.41) is 18.3. The topological polar surface area (TPSA) is 320 Å². The maximum atomic E-state index is 12.2. The number of aromatic nitrogens is 6. The van der Waals surface area contributed by atoms with Gasteiger partial charge in [-0.1, -0.05) is 126 Å². The number of fused-ring (bicyclic) bond motifs is 3. The van der Waals surface area contributed by atoms with Crippen molar-refractivity contribution in [1.82, 2.24) is 35.2 Å². The van der Waals surface area contributed by atoms with E-state index in [4.69, 9.17) is 33.2 Å². The second-order valence-corrected chi connectivity index (χ2v) is 17.1. The van der Waals surface area contributed by atoms with Crippen LogP contribution in [0.4, 0.5) is 0 Å². The van der Waals surface area contributed by atoms with Gasteiger partial charge in [0.25, 0.3) is 28.7 Å². The van der Waals surface area contributed by atoms with Crippen LogP contribution in [0.15, 0.2) is 163 Å². The van der Waals surface area contributed by atoms with Crippen molar-refractivity contribution in [3.8, 4) is 12.0 Å². The first kappa shape index (κ1) is 60.6. The molecule has 22 heteroatoms. The average molecular weight is 1070 g/mol.